The maximum atomic E-state index is 13.4. The van der Waals surface area contributed by atoms with Gasteiger partial charge < -0.3 is 9.47 Å². The monoisotopic (exact) mass is 510 g/mol. The largest absolute Gasteiger partial charge is 0.491 e. The van der Waals surface area contributed by atoms with E-state index in [1.807, 2.05) is 81.6 Å². The van der Waals surface area contributed by atoms with Gasteiger partial charge in [0, 0.05) is 30.0 Å². The van der Waals surface area contributed by atoms with Crippen LogP contribution in [0, 0.1) is 18.3 Å². The number of aromatic nitrogens is 2. The highest BCUT2D eigenvalue weighted by Crippen LogP contribution is 2.33. The lowest BCUT2D eigenvalue weighted by atomic mass is 9.93. The maximum Gasteiger partial charge on any atom is 0.271 e. The van der Waals surface area contributed by atoms with E-state index in [2.05, 4.69) is 0 Å². The van der Waals surface area contributed by atoms with E-state index in [-0.39, 0.29) is 30.4 Å². The summed E-state index contributed by atoms with van der Waals surface area (Å²) >= 11 is 0. The number of rotatable bonds is 8. The lowest BCUT2D eigenvalue weighted by Crippen LogP contribution is -2.44. The molecular formula is C30H30N4O4. The number of amides is 2. The van der Waals surface area contributed by atoms with Gasteiger partial charge in [-0.15, -0.1) is 0 Å². The summed E-state index contributed by atoms with van der Waals surface area (Å²) in [6.45, 7) is 7.78. The van der Waals surface area contributed by atoms with E-state index in [9.17, 15) is 14.9 Å². The van der Waals surface area contributed by atoms with Crippen LogP contribution in [-0.4, -0.2) is 52.9 Å². The third-order valence-electron chi connectivity index (χ3n) is 6.22. The van der Waals surface area contributed by atoms with Gasteiger partial charge in [0.1, 0.15) is 17.4 Å². The van der Waals surface area contributed by atoms with Gasteiger partial charge in [-0.3, -0.25) is 14.5 Å². The topological polar surface area (TPSA) is 97.5 Å². The van der Waals surface area contributed by atoms with E-state index in [0.717, 1.165) is 27.5 Å². The molecule has 4 rings (SSSR count). The van der Waals surface area contributed by atoms with Crippen molar-refractivity contribution in [2.24, 2.45) is 0 Å². The molecule has 38 heavy (non-hydrogen) atoms. The Balaban J connectivity index is 1.89. The summed E-state index contributed by atoms with van der Waals surface area (Å²) in [6, 6.07) is 17.5. The fourth-order valence-electron chi connectivity index (χ4n) is 4.28. The highest BCUT2D eigenvalue weighted by Gasteiger charge is 2.35. The molecule has 3 aromatic rings. The molecule has 0 N–H and O–H groups in total. The van der Waals surface area contributed by atoms with Crippen LogP contribution in [0.25, 0.3) is 23.0 Å². The first-order valence-electron chi connectivity index (χ1n) is 12.4. The Hall–Kier alpha value is -4.48. The van der Waals surface area contributed by atoms with E-state index in [0.29, 0.717) is 16.8 Å². The lowest BCUT2D eigenvalue weighted by Gasteiger charge is -2.27. The van der Waals surface area contributed by atoms with Crippen molar-refractivity contribution in [3.05, 3.63) is 82.6 Å². The van der Waals surface area contributed by atoms with Gasteiger partial charge >= 0.3 is 0 Å². The van der Waals surface area contributed by atoms with Crippen molar-refractivity contribution in [1.29, 1.82) is 5.26 Å². The van der Waals surface area contributed by atoms with Crippen molar-refractivity contribution in [1.82, 2.24) is 14.7 Å². The van der Waals surface area contributed by atoms with Gasteiger partial charge in [-0.1, -0.05) is 18.2 Å². The number of aryl methyl sites for hydroxylation is 1. The highest BCUT2D eigenvalue weighted by atomic mass is 16.5. The normalized spacial score (nSPS) is 15.0. The second-order valence-electron chi connectivity index (χ2n) is 9.28. The molecular weight excluding hydrogens is 480 g/mol. The van der Waals surface area contributed by atoms with Gasteiger partial charge in [-0.2, -0.15) is 10.4 Å². The first-order valence-corrected chi connectivity index (χ1v) is 12.4. The molecule has 0 spiro atoms. The zero-order valence-corrected chi connectivity index (χ0v) is 22.2. The Morgan fingerprint density at radius 1 is 1.08 bits per heavy atom. The van der Waals surface area contributed by atoms with Gasteiger partial charge in [-0.25, -0.2) is 4.68 Å². The number of carbonyl (C=O) groups excluding carboxylic acids is 2. The summed E-state index contributed by atoms with van der Waals surface area (Å²) in [4.78, 5) is 27.3. The van der Waals surface area contributed by atoms with E-state index in [4.69, 9.17) is 14.6 Å². The van der Waals surface area contributed by atoms with Crippen LogP contribution >= 0.6 is 0 Å². The zero-order valence-electron chi connectivity index (χ0n) is 22.2. The van der Waals surface area contributed by atoms with Crippen LogP contribution in [0.3, 0.4) is 0 Å². The Morgan fingerprint density at radius 2 is 1.82 bits per heavy atom. The average Bonchev–Trinajstić information content (AvgIpc) is 3.32. The standard InChI is InChI=1S/C30H30N4O4/c1-19(2)38-27-12-11-22(15-20(27)3)28-23(18-34(32-28)24-9-7-6-8-10-24)16-25-21(4)26(17-31)30(36)33(29(25)35)13-14-37-5/h6-12,15-16,18-19H,13-14H2,1-5H3/b25-16+. The second-order valence-corrected chi connectivity index (χ2v) is 9.28. The van der Waals surface area contributed by atoms with Crippen LogP contribution in [0.4, 0.5) is 0 Å². The summed E-state index contributed by atoms with van der Waals surface area (Å²) in [6.07, 6.45) is 3.59. The number of ether oxygens (including phenoxy) is 2. The minimum Gasteiger partial charge on any atom is -0.491 e. The van der Waals surface area contributed by atoms with Gasteiger partial charge in [0.2, 0.25) is 0 Å². The summed E-state index contributed by atoms with van der Waals surface area (Å²) in [5.41, 5.74) is 4.53. The smallest absolute Gasteiger partial charge is 0.271 e. The van der Waals surface area contributed by atoms with E-state index in [1.54, 1.807) is 17.7 Å². The number of hydrogen-bond donors (Lipinski definition) is 0. The predicted octanol–water partition coefficient (Wildman–Crippen LogP) is 4.87. The zero-order chi connectivity index (χ0) is 27.4. The van der Waals surface area contributed by atoms with E-state index >= 15 is 0 Å². The third kappa shape index (κ3) is 5.29. The number of benzene rings is 2. The summed E-state index contributed by atoms with van der Waals surface area (Å²) < 4.78 is 12.7. The summed E-state index contributed by atoms with van der Waals surface area (Å²) in [5, 5.41) is 14.6. The first-order chi connectivity index (χ1) is 18.2. The molecule has 1 aliphatic rings. The molecule has 0 fully saturated rings. The number of para-hydroxylation sites is 1. The number of carbonyl (C=O) groups is 2. The Kier molecular flexibility index (Phi) is 7.89. The van der Waals surface area contributed by atoms with Gasteiger partial charge in [-0.05, 0) is 75.2 Å². The number of imide groups is 1. The molecule has 8 heteroatoms. The Morgan fingerprint density at radius 3 is 2.45 bits per heavy atom. The SMILES string of the molecule is COCCN1C(=O)C(C#N)=C(C)/C(=C\c2cn(-c3ccccc3)nc2-c2ccc(OC(C)C)c(C)c2)C1=O. The van der Waals surface area contributed by atoms with Crippen molar-refractivity contribution >= 4 is 17.9 Å². The fraction of sp³-hybridized carbons (Fsp3) is 0.267. The van der Waals surface area contributed by atoms with E-state index < -0.39 is 11.8 Å². The predicted molar refractivity (Wildman–Crippen MR) is 144 cm³/mol. The Bertz CT molecular complexity index is 1480. The maximum absolute atomic E-state index is 13.4. The second kappa shape index (κ2) is 11.3. The number of methoxy groups -OCH3 is 1. The molecule has 0 atom stereocenters. The third-order valence-corrected chi connectivity index (χ3v) is 6.22. The molecule has 0 radical (unpaired) electrons. The molecule has 2 amide bonds. The van der Waals surface area contributed by atoms with Crippen molar-refractivity contribution in [3.8, 4) is 28.8 Å². The number of nitrogens with zero attached hydrogens (tertiary/aromatic N) is 4. The van der Waals surface area contributed by atoms with Crippen LogP contribution in [0.1, 0.15) is 31.9 Å². The Labute approximate surface area is 222 Å². The van der Waals surface area contributed by atoms with Crippen LogP contribution in [0.15, 0.2) is 71.4 Å². The fourth-order valence-corrected chi connectivity index (χ4v) is 4.28. The molecule has 0 bridgehead atoms. The van der Waals surface area contributed by atoms with Crippen LogP contribution < -0.4 is 4.74 Å². The van der Waals surface area contributed by atoms with Gasteiger partial charge in [0.25, 0.3) is 11.8 Å². The van der Waals surface area contributed by atoms with Gasteiger partial charge in [0.15, 0.2) is 0 Å². The summed E-state index contributed by atoms with van der Waals surface area (Å²) in [7, 11) is 1.49. The molecule has 1 aromatic heterocycles. The van der Waals surface area contributed by atoms with Crippen LogP contribution in [0.2, 0.25) is 0 Å². The molecule has 2 aromatic carbocycles. The van der Waals surface area contributed by atoms with Crippen molar-refractivity contribution in [3.63, 3.8) is 0 Å². The molecule has 8 nitrogen and oxygen atoms in total. The number of nitriles is 1. The minimum absolute atomic E-state index is 0.0438. The van der Waals surface area contributed by atoms with Crippen LogP contribution in [0.5, 0.6) is 5.75 Å². The molecule has 2 heterocycles. The molecule has 194 valence electrons. The summed E-state index contributed by atoms with van der Waals surface area (Å²) in [5.74, 6) is -0.294. The number of hydrogen-bond acceptors (Lipinski definition) is 6. The molecule has 1 aliphatic heterocycles. The molecule has 0 aliphatic carbocycles. The first kappa shape index (κ1) is 26.6. The van der Waals surface area contributed by atoms with E-state index in [1.165, 1.54) is 7.11 Å². The highest BCUT2D eigenvalue weighted by molar-refractivity contribution is 6.19. The molecule has 0 saturated carbocycles. The van der Waals surface area contributed by atoms with Gasteiger partial charge in [0.05, 0.1) is 30.6 Å². The minimum atomic E-state index is -0.610. The quantitative estimate of drug-likeness (QED) is 0.317. The van der Waals surface area contributed by atoms with Crippen molar-refractivity contribution < 1.29 is 19.1 Å². The molecule has 0 saturated heterocycles. The lowest BCUT2D eigenvalue weighted by molar-refractivity contribution is -0.141. The average molecular weight is 511 g/mol. The molecule has 0 unspecified atom stereocenters. The van der Waals surface area contributed by atoms with Crippen molar-refractivity contribution in [2.45, 2.75) is 33.8 Å². The van der Waals surface area contributed by atoms with Crippen molar-refractivity contribution in [2.75, 3.05) is 20.3 Å². The van der Waals surface area contributed by atoms with Crippen LogP contribution in [-0.2, 0) is 14.3 Å².